The van der Waals surface area contributed by atoms with E-state index in [0.717, 1.165) is 0 Å². The van der Waals surface area contributed by atoms with E-state index in [1.54, 1.807) is 0 Å². The fourth-order valence-corrected chi connectivity index (χ4v) is 1.91. The van der Waals surface area contributed by atoms with E-state index in [1.807, 2.05) is 0 Å². The zero-order valence-electron chi connectivity index (χ0n) is 9.72. The molecular weight excluding hydrogens is 318 g/mol. The van der Waals surface area contributed by atoms with Gasteiger partial charge < -0.3 is 24.8 Å². The average molecular weight is 333 g/mol. The Bertz CT molecular complexity index is 432. The van der Waals surface area contributed by atoms with Gasteiger partial charge in [0, 0.05) is 0 Å². The molecule has 2 rings (SSSR count). The van der Waals surface area contributed by atoms with Gasteiger partial charge in [-0.2, -0.15) is 12.1 Å². The number of halogens is 2. The minimum Gasteiger partial charge on any atom is -1.00 e. The summed E-state index contributed by atoms with van der Waals surface area (Å²) in [6.45, 7) is 6.67. The Morgan fingerprint density at radius 1 is 1.06 bits per heavy atom. The maximum Gasteiger partial charge on any atom is 3.00 e. The first-order valence-corrected chi connectivity index (χ1v) is 4.85. The van der Waals surface area contributed by atoms with Crippen LogP contribution in [0.1, 0.15) is 30.9 Å². The second-order valence-corrected chi connectivity index (χ2v) is 3.98. The van der Waals surface area contributed by atoms with Crippen LogP contribution in [0.3, 0.4) is 0 Å². The van der Waals surface area contributed by atoms with Crippen molar-refractivity contribution >= 4 is 10.8 Å². The normalized spacial score (nSPS) is 9.25. The Balaban J connectivity index is 0. The summed E-state index contributed by atoms with van der Waals surface area (Å²) in [5, 5.41) is 2.83. The monoisotopic (exact) mass is 331 g/mol. The molecule has 0 N–H and O–H groups in total. The van der Waals surface area contributed by atoms with E-state index >= 15 is 0 Å². The second-order valence-electron chi connectivity index (χ2n) is 3.98. The molecule has 2 aromatic rings. The van der Waals surface area contributed by atoms with Crippen LogP contribution in [-0.4, -0.2) is 0 Å². The molecule has 0 aliphatic heterocycles. The Kier molecular flexibility index (Phi) is 8.84. The van der Waals surface area contributed by atoms with Crippen LogP contribution in [0.2, 0.25) is 0 Å². The van der Waals surface area contributed by atoms with Crippen molar-refractivity contribution in [3.8, 4) is 0 Å². The summed E-state index contributed by atoms with van der Waals surface area (Å²) in [5.41, 5.74) is 2.84. The van der Waals surface area contributed by atoms with Gasteiger partial charge in [-0.15, -0.1) is 28.5 Å². The van der Waals surface area contributed by atoms with Crippen LogP contribution in [0, 0.1) is 6.92 Å². The molecule has 0 nitrogen and oxygen atoms in total. The van der Waals surface area contributed by atoms with E-state index in [4.69, 9.17) is 0 Å². The minimum atomic E-state index is 0. The summed E-state index contributed by atoms with van der Waals surface area (Å²) in [6, 6.07) is 11.0. The molecule has 0 atom stereocenters. The van der Waals surface area contributed by atoms with Crippen LogP contribution in [0.15, 0.2) is 30.3 Å². The number of hydrogen-bond acceptors (Lipinski definition) is 0. The second kappa shape index (κ2) is 7.59. The van der Waals surface area contributed by atoms with Gasteiger partial charge in [0.25, 0.3) is 0 Å². The summed E-state index contributed by atoms with van der Waals surface area (Å²) in [7, 11) is 0. The van der Waals surface area contributed by atoms with Gasteiger partial charge in [0.2, 0.25) is 0 Å². The van der Waals surface area contributed by atoms with Crippen molar-refractivity contribution in [3.63, 3.8) is 0 Å². The van der Waals surface area contributed by atoms with Crippen molar-refractivity contribution in [1.82, 2.24) is 0 Å². The predicted molar refractivity (Wildman–Crippen MR) is 58.4 cm³/mol. The fraction of sp³-hybridized carbons (Fsp3) is 0.308. The minimum absolute atomic E-state index is 0. The Morgan fingerprint density at radius 2 is 1.69 bits per heavy atom. The average Bonchev–Trinajstić information content (AvgIpc) is 2.53. The molecule has 0 aromatic heterocycles. The quantitative estimate of drug-likeness (QED) is 0.530. The fourth-order valence-electron chi connectivity index (χ4n) is 1.91. The van der Waals surface area contributed by atoms with Crippen LogP contribution in [0.25, 0.3) is 10.8 Å². The zero-order chi connectivity index (χ0) is 9.42. The topological polar surface area (TPSA) is 0 Å². The third kappa shape index (κ3) is 3.39. The maximum absolute atomic E-state index is 2.25. The van der Waals surface area contributed by atoms with Gasteiger partial charge in [-0.1, -0.05) is 32.4 Å². The summed E-state index contributed by atoms with van der Waals surface area (Å²) < 4.78 is 0. The van der Waals surface area contributed by atoms with Gasteiger partial charge in [-0.05, 0) is 5.92 Å². The van der Waals surface area contributed by atoms with E-state index < -0.39 is 0 Å². The Hall–Kier alpha value is 0.293. The molecule has 0 saturated carbocycles. The molecule has 0 bridgehead atoms. The summed E-state index contributed by atoms with van der Waals surface area (Å²) in [4.78, 5) is 0. The first-order valence-electron chi connectivity index (χ1n) is 4.85. The zero-order valence-corrected chi connectivity index (χ0v) is 13.7. The van der Waals surface area contributed by atoms with Gasteiger partial charge in [0.05, 0.1) is 0 Å². The van der Waals surface area contributed by atoms with Crippen molar-refractivity contribution in [3.05, 3.63) is 41.5 Å². The van der Waals surface area contributed by atoms with Gasteiger partial charge in [-0.25, -0.2) is 0 Å². The van der Waals surface area contributed by atoms with Gasteiger partial charge >= 0.3 is 26.2 Å². The molecule has 85 valence electrons. The maximum atomic E-state index is 2.25. The van der Waals surface area contributed by atoms with Crippen LogP contribution in [-0.2, 0) is 26.2 Å². The van der Waals surface area contributed by atoms with Crippen molar-refractivity contribution in [1.29, 1.82) is 0 Å². The molecule has 0 aliphatic carbocycles. The molecule has 2 aromatic carbocycles. The number of aryl methyl sites for hydroxylation is 1. The molecule has 1 radical (unpaired) electrons. The van der Waals surface area contributed by atoms with Crippen LogP contribution >= 0.6 is 0 Å². The van der Waals surface area contributed by atoms with E-state index in [1.165, 1.54) is 21.9 Å². The summed E-state index contributed by atoms with van der Waals surface area (Å²) >= 11 is 0. The van der Waals surface area contributed by atoms with Crippen LogP contribution < -0.4 is 24.8 Å². The summed E-state index contributed by atoms with van der Waals surface area (Å²) in [6.07, 6.45) is 0. The summed E-state index contributed by atoms with van der Waals surface area (Å²) in [5.74, 6) is 0.616. The van der Waals surface area contributed by atoms with E-state index in [2.05, 4.69) is 51.1 Å². The van der Waals surface area contributed by atoms with E-state index in [0.29, 0.717) is 5.92 Å². The standard InChI is InChI=1S/C13H15.2ClH.Zr/c1-9(2)11-8-7-10(3)12-5-4-6-13(11)12;;;/h4-9H,1-3H3;2*1H;/q-1;;;+3/p-2. The Morgan fingerprint density at radius 3 is 2.25 bits per heavy atom. The van der Waals surface area contributed by atoms with Gasteiger partial charge in [0.1, 0.15) is 0 Å². The molecule has 0 unspecified atom stereocenters. The van der Waals surface area contributed by atoms with E-state index in [-0.39, 0.29) is 51.0 Å². The first-order chi connectivity index (χ1) is 6.20. The van der Waals surface area contributed by atoms with Crippen molar-refractivity contribution in [2.75, 3.05) is 0 Å². The molecule has 16 heavy (non-hydrogen) atoms. The molecule has 0 aliphatic rings. The number of hydrogen-bond donors (Lipinski definition) is 0. The van der Waals surface area contributed by atoms with Crippen LogP contribution in [0.4, 0.5) is 0 Å². The first kappa shape index (κ1) is 18.7. The Labute approximate surface area is 129 Å². The predicted octanol–water partition coefficient (Wildman–Crippen LogP) is -2.00. The number of fused-ring (bicyclic) bond motifs is 1. The SMILES string of the molecule is Cc1ccc(C(C)C)c2cc[cH-]c12.[Cl-].[Cl-].[Zr+3]. The van der Waals surface area contributed by atoms with Crippen molar-refractivity contribution < 1.29 is 51.0 Å². The van der Waals surface area contributed by atoms with Crippen molar-refractivity contribution in [2.24, 2.45) is 0 Å². The van der Waals surface area contributed by atoms with Crippen LogP contribution in [0.5, 0.6) is 0 Å². The largest absolute Gasteiger partial charge is 3.00 e. The van der Waals surface area contributed by atoms with Gasteiger partial charge in [0.15, 0.2) is 0 Å². The van der Waals surface area contributed by atoms with Gasteiger partial charge in [-0.3, -0.25) is 0 Å². The molecule has 3 heteroatoms. The third-order valence-corrected chi connectivity index (χ3v) is 2.69. The molecule has 0 amide bonds. The molecular formula is C13H15Cl2Zr. The van der Waals surface area contributed by atoms with Crippen molar-refractivity contribution in [2.45, 2.75) is 26.7 Å². The number of rotatable bonds is 1. The van der Waals surface area contributed by atoms with E-state index in [9.17, 15) is 0 Å². The molecule has 0 saturated heterocycles. The number of benzene rings is 1. The molecule has 0 spiro atoms. The third-order valence-electron chi connectivity index (χ3n) is 2.69. The molecule has 0 heterocycles. The smallest absolute Gasteiger partial charge is 1.00 e. The molecule has 0 fully saturated rings.